The first kappa shape index (κ1) is 16.3. The Morgan fingerprint density at radius 1 is 1.50 bits per heavy atom. The normalized spacial score (nSPS) is 10.4. The van der Waals surface area contributed by atoms with Crippen LogP contribution in [0.5, 0.6) is 0 Å². The van der Waals surface area contributed by atoms with Crippen LogP contribution < -0.4 is 10.6 Å². The van der Waals surface area contributed by atoms with Crippen LogP contribution >= 0.6 is 11.6 Å². The SMILES string of the molecule is CCOC(=O)CN/C=C(/C#N)C(=O)NCCCCl. The van der Waals surface area contributed by atoms with Gasteiger partial charge in [0.2, 0.25) is 0 Å². The van der Waals surface area contributed by atoms with E-state index in [1.54, 1.807) is 13.0 Å². The summed E-state index contributed by atoms with van der Waals surface area (Å²) in [7, 11) is 0. The van der Waals surface area contributed by atoms with Gasteiger partial charge in [-0.05, 0) is 13.3 Å². The summed E-state index contributed by atoms with van der Waals surface area (Å²) >= 11 is 5.45. The van der Waals surface area contributed by atoms with E-state index in [1.165, 1.54) is 6.20 Å². The number of hydrogen-bond donors (Lipinski definition) is 2. The third-order valence-corrected chi connectivity index (χ3v) is 2.03. The molecule has 18 heavy (non-hydrogen) atoms. The molecule has 0 heterocycles. The Morgan fingerprint density at radius 3 is 2.78 bits per heavy atom. The van der Waals surface area contributed by atoms with E-state index in [-0.39, 0.29) is 18.7 Å². The van der Waals surface area contributed by atoms with Gasteiger partial charge in [-0.2, -0.15) is 5.26 Å². The number of nitrogens with one attached hydrogen (secondary N) is 2. The van der Waals surface area contributed by atoms with Crippen LogP contribution in [0.2, 0.25) is 0 Å². The van der Waals surface area contributed by atoms with Crippen LogP contribution in [0.1, 0.15) is 13.3 Å². The molecule has 0 spiro atoms. The lowest BCUT2D eigenvalue weighted by atomic mass is 10.3. The van der Waals surface area contributed by atoms with Gasteiger partial charge >= 0.3 is 5.97 Å². The number of amides is 1. The number of carbonyl (C=O) groups excluding carboxylic acids is 2. The van der Waals surface area contributed by atoms with E-state index in [9.17, 15) is 9.59 Å². The van der Waals surface area contributed by atoms with E-state index < -0.39 is 11.9 Å². The van der Waals surface area contributed by atoms with E-state index >= 15 is 0 Å². The molecule has 0 aliphatic carbocycles. The van der Waals surface area contributed by atoms with Crippen molar-refractivity contribution < 1.29 is 14.3 Å². The van der Waals surface area contributed by atoms with Gasteiger partial charge < -0.3 is 15.4 Å². The minimum Gasteiger partial charge on any atom is -0.465 e. The van der Waals surface area contributed by atoms with Crippen LogP contribution in [0.3, 0.4) is 0 Å². The number of hydrogen-bond acceptors (Lipinski definition) is 5. The van der Waals surface area contributed by atoms with Crippen molar-refractivity contribution in [1.82, 2.24) is 10.6 Å². The minimum absolute atomic E-state index is 0.0893. The van der Waals surface area contributed by atoms with Crippen molar-refractivity contribution in [1.29, 1.82) is 5.26 Å². The van der Waals surface area contributed by atoms with E-state index in [4.69, 9.17) is 16.9 Å². The summed E-state index contributed by atoms with van der Waals surface area (Å²) in [6, 6.07) is 1.74. The molecule has 100 valence electrons. The highest BCUT2D eigenvalue weighted by molar-refractivity contribution is 6.17. The number of alkyl halides is 1. The molecule has 7 heteroatoms. The molecular weight excluding hydrogens is 258 g/mol. The number of nitriles is 1. The zero-order valence-electron chi connectivity index (χ0n) is 10.2. The molecule has 0 bridgehead atoms. The van der Waals surface area contributed by atoms with E-state index in [0.29, 0.717) is 18.8 Å². The molecule has 0 unspecified atom stereocenters. The summed E-state index contributed by atoms with van der Waals surface area (Å²) in [5, 5.41) is 13.8. The lowest BCUT2D eigenvalue weighted by Crippen LogP contribution is -2.28. The van der Waals surface area contributed by atoms with Gasteiger partial charge in [0.15, 0.2) is 0 Å². The molecule has 0 saturated heterocycles. The lowest BCUT2D eigenvalue weighted by Gasteiger charge is -2.04. The van der Waals surface area contributed by atoms with Gasteiger partial charge in [-0.1, -0.05) is 0 Å². The predicted octanol–water partition coefficient (Wildman–Crippen LogP) is 0.292. The summed E-state index contributed by atoms with van der Waals surface area (Å²) in [5.41, 5.74) is -0.103. The quantitative estimate of drug-likeness (QED) is 0.218. The predicted molar refractivity (Wildman–Crippen MR) is 66.7 cm³/mol. The smallest absolute Gasteiger partial charge is 0.325 e. The standard InChI is InChI=1S/C11H16ClN3O3/c1-2-18-10(16)8-14-7-9(6-13)11(17)15-5-3-4-12/h7,14H,2-5,8H2,1H3,(H,15,17)/b9-7-. The maximum atomic E-state index is 11.4. The van der Waals surface area contributed by atoms with Crippen molar-refractivity contribution in [3.05, 3.63) is 11.8 Å². The third-order valence-electron chi connectivity index (χ3n) is 1.76. The van der Waals surface area contributed by atoms with Gasteiger partial charge in [-0.3, -0.25) is 9.59 Å². The van der Waals surface area contributed by atoms with Crippen LogP contribution in [0.4, 0.5) is 0 Å². The summed E-state index contributed by atoms with van der Waals surface area (Å²) in [6.07, 6.45) is 1.81. The van der Waals surface area contributed by atoms with Crippen molar-refractivity contribution in [3.8, 4) is 6.07 Å². The van der Waals surface area contributed by atoms with Crippen LogP contribution in [-0.4, -0.2) is 37.5 Å². The number of nitrogens with zero attached hydrogens (tertiary/aromatic N) is 1. The first-order valence-corrected chi connectivity index (χ1v) is 6.02. The number of carbonyl (C=O) groups is 2. The Labute approximate surface area is 111 Å². The van der Waals surface area contributed by atoms with Crippen LogP contribution in [0, 0.1) is 11.3 Å². The summed E-state index contributed by atoms with van der Waals surface area (Å²) in [6.45, 7) is 2.29. The highest BCUT2D eigenvalue weighted by Crippen LogP contribution is 1.91. The summed E-state index contributed by atoms with van der Waals surface area (Å²) < 4.78 is 4.67. The average Bonchev–Trinajstić information content (AvgIpc) is 2.35. The van der Waals surface area contributed by atoms with Crippen molar-refractivity contribution in [2.75, 3.05) is 25.6 Å². The van der Waals surface area contributed by atoms with Crippen LogP contribution in [0.15, 0.2) is 11.8 Å². The molecule has 0 atom stereocenters. The highest BCUT2D eigenvalue weighted by atomic mass is 35.5. The number of halogens is 1. The van der Waals surface area contributed by atoms with Crippen molar-refractivity contribution >= 4 is 23.5 Å². The monoisotopic (exact) mass is 273 g/mol. The van der Waals surface area contributed by atoms with Gasteiger partial charge in [0.25, 0.3) is 5.91 Å². The molecule has 1 amide bonds. The second-order valence-corrected chi connectivity index (χ2v) is 3.53. The molecule has 0 aromatic heterocycles. The Morgan fingerprint density at radius 2 is 2.22 bits per heavy atom. The molecule has 0 fully saturated rings. The van der Waals surface area contributed by atoms with Crippen LogP contribution in [0.25, 0.3) is 0 Å². The molecule has 6 nitrogen and oxygen atoms in total. The molecule has 0 aromatic rings. The highest BCUT2D eigenvalue weighted by Gasteiger charge is 2.08. The average molecular weight is 274 g/mol. The number of rotatable bonds is 8. The molecule has 0 radical (unpaired) electrons. The van der Waals surface area contributed by atoms with Crippen LogP contribution in [-0.2, 0) is 14.3 Å². The fourth-order valence-electron chi connectivity index (χ4n) is 0.961. The van der Waals surface area contributed by atoms with E-state index in [2.05, 4.69) is 15.4 Å². The van der Waals surface area contributed by atoms with E-state index in [0.717, 1.165) is 0 Å². The fraction of sp³-hybridized carbons (Fsp3) is 0.545. The Kier molecular flexibility index (Phi) is 9.41. The van der Waals surface area contributed by atoms with Crippen molar-refractivity contribution in [2.24, 2.45) is 0 Å². The second kappa shape index (κ2) is 10.4. The summed E-state index contributed by atoms with van der Waals surface area (Å²) in [5.74, 6) is -0.514. The number of esters is 1. The fourth-order valence-corrected chi connectivity index (χ4v) is 1.09. The Bertz CT molecular complexity index is 350. The second-order valence-electron chi connectivity index (χ2n) is 3.15. The first-order chi connectivity index (χ1) is 8.65. The van der Waals surface area contributed by atoms with Gasteiger partial charge in [0.1, 0.15) is 18.2 Å². The van der Waals surface area contributed by atoms with Gasteiger partial charge in [0, 0.05) is 18.6 Å². The minimum atomic E-state index is -0.501. The largest absolute Gasteiger partial charge is 0.465 e. The van der Waals surface area contributed by atoms with Crippen molar-refractivity contribution in [2.45, 2.75) is 13.3 Å². The molecule has 0 aliphatic rings. The topological polar surface area (TPSA) is 91.2 Å². The Balaban J connectivity index is 4.11. The maximum Gasteiger partial charge on any atom is 0.325 e. The molecule has 2 N–H and O–H groups in total. The van der Waals surface area contributed by atoms with E-state index in [1.807, 2.05) is 0 Å². The first-order valence-electron chi connectivity index (χ1n) is 5.49. The third kappa shape index (κ3) is 7.52. The molecule has 0 aliphatic heterocycles. The lowest BCUT2D eigenvalue weighted by molar-refractivity contribution is -0.141. The molecule has 0 aromatic carbocycles. The zero-order chi connectivity index (χ0) is 13.8. The van der Waals surface area contributed by atoms with Crippen molar-refractivity contribution in [3.63, 3.8) is 0 Å². The zero-order valence-corrected chi connectivity index (χ0v) is 10.9. The molecular formula is C11H16ClN3O3. The Hall–Kier alpha value is -1.74. The molecule has 0 rings (SSSR count). The van der Waals surface area contributed by atoms with Gasteiger partial charge in [-0.15, -0.1) is 11.6 Å². The number of ether oxygens (including phenoxy) is 1. The van der Waals surface area contributed by atoms with Gasteiger partial charge in [-0.25, -0.2) is 0 Å². The maximum absolute atomic E-state index is 11.4. The summed E-state index contributed by atoms with van der Waals surface area (Å²) in [4.78, 5) is 22.4. The molecule has 0 saturated carbocycles. The van der Waals surface area contributed by atoms with Gasteiger partial charge in [0.05, 0.1) is 6.61 Å².